The van der Waals surface area contributed by atoms with E-state index in [0.717, 1.165) is 31.0 Å². The van der Waals surface area contributed by atoms with Gasteiger partial charge in [0.1, 0.15) is 12.6 Å². The minimum atomic E-state index is -0.132. The van der Waals surface area contributed by atoms with Crippen molar-refractivity contribution < 1.29 is 19.2 Å². The van der Waals surface area contributed by atoms with Gasteiger partial charge in [-0.1, -0.05) is 24.3 Å². The van der Waals surface area contributed by atoms with Crippen LogP contribution in [0.15, 0.2) is 36.4 Å². The number of hydrogen-bond donors (Lipinski definition) is 3. The van der Waals surface area contributed by atoms with Gasteiger partial charge < -0.3 is 25.0 Å². The van der Waals surface area contributed by atoms with E-state index >= 15 is 0 Å². The number of carbonyl (C=O) groups excluding carboxylic acids is 1. The lowest BCUT2D eigenvalue weighted by Gasteiger charge is -2.35. The highest BCUT2D eigenvalue weighted by Crippen LogP contribution is 2.34. The summed E-state index contributed by atoms with van der Waals surface area (Å²) in [4.78, 5) is 13.7. The minimum Gasteiger partial charge on any atom is -0.493 e. The van der Waals surface area contributed by atoms with Crippen molar-refractivity contribution in [3.63, 3.8) is 0 Å². The number of amides is 2. The van der Waals surface area contributed by atoms with E-state index in [9.17, 15) is 4.79 Å². The molecule has 0 saturated carbocycles. The first-order chi connectivity index (χ1) is 14.4. The average Bonchev–Trinajstić information content (AvgIpc) is 2.72. The van der Waals surface area contributed by atoms with Gasteiger partial charge in [-0.2, -0.15) is 0 Å². The summed E-state index contributed by atoms with van der Waals surface area (Å²) in [5.41, 5.74) is 5.12. The van der Waals surface area contributed by atoms with Gasteiger partial charge in [-0.3, -0.25) is 0 Å². The lowest BCUT2D eigenvalue weighted by Crippen LogP contribution is -3.12. The molecular formula is C24H34N3O3+. The number of fused-ring (bicyclic) bond motifs is 1. The molecule has 2 aromatic carbocycles. The molecule has 2 aromatic rings. The summed E-state index contributed by atoms with van der Waals surface area (Å²) in [6, 6.07) is 12.8. The molecule has 0 bridgehead atoms. The fraction of sp³-hybridized carbons (Fsp3) is 0.458. The zero-order valence-corrected chi connectivity index (χ0v) is 18.7. The van der Waals surface area contributed by atoms with Crippen molar-refractivity contribution in [2.75, 3.05) is 27.3 Å². The van der Waals surface area contributed by atoms with Gasteiger partial charge in [0.2, 0.25) is 0 Å². The molecule has 3 rings (SSSR count). The maximum absolute atomic E-state index is 12.3. The molecule has 6 nitrogen and oxygen atoms in total. The summed E-state index contributed by atoms with van der Waals surface area (Å²) < 4.78 is 11.1. The third kappa shape index (κ3) is 5.05. The van der Waals surface area contributed by atoms with Crippen molar-refractivity contribution in [2.24, 2.45) is 0 Å². The maximum Gasteiger partial charge on any atom is 0.315 e. The molecule has 1 unspecified atom stereocenters. The van der Waals surface area contributed by atoms with Crippen LogP contribution < -0.4 is 25.0 Å². The van der Waals surface area contributed by atoms with Gasteiger partial charge in [0, 0.05) is 23.6 Å². The fourth-order valence-corrected chi connectivity index (χ4v) is 4.19. The molecule has 162 valence electrons. The number of nitrogens with one attached hydrogen (secondary N) is 3. The Morgan fingerprint density at radius 3 is 2.53 bits per heavy atom. The van der Waals surface area contributed by atoms with E-state index < -0.39 is 0 Å². The second-order valence-corrected chi connectivity index (χ2v) is 8.23. The molecule has 2 atom stereocenters. The molecule has 1 heterocycles. The predicted octanol–water partition coefficient (Wildman–Crippen LogP) is 2.40. The van der Waals surface area contributed by atoms with Gasteiger partial charge in [0.05, 0.1) is 27.3 Å². The highest BCUT2D eigenvalue weighted by Gasteiger charge is 2.33. The maximum atomic E-state index is 12.3. The molecule has 0 radical (unpaired) electrons. The number of carbonyl (C=O) groups is 1. The number of benzene rings is 2. The highest BCUT2D eigenvalue weighted by atomic mass is 16.5. The molecular weight excluding hydrogens is 378 g/mol. The van der Waals surface area contributed by atoms with Crippen molar-refractivity contribution in [2.45, 2.75) is 45.8 Å². The Morgan fingerprint density at radius 2 is 1.87 bits per heavy atom. The van der Waals surface area contributed by atoms with Crippen LogP contribution in [0.2, 0.25) is 0 Å². The topological polar surface area (TPSA) is 64.0 Å². The summed E-state index contributed by atoms with van der Waals surface area (Å²) in [7, 11) is 3.33. The normalized spacial score (nSPS) is 17.9. The third-order valence-electron chi connectivity index (χ3n) is 5.79. The van der Waals surface area contributed by atoms with Crippen LogP contribution in [-0.2, 0) is 13.0 Å². The molecule has 2 amide bonds. The Kier molecular flexibility index (Phi) is 7.21. The van der Waals surface area contributed by atoms with E-state index in [0.29, 0.717) is 6.54 Å². The Bertz CT molecular complexity index is 882. The van der Waals surface area contributed by atoms with Crippen LogP contribution in [0.25, 0.3) is 0 Å². The number of quaternary nitrogens is 1. The number of aryl methyl sites for hydroxylation is 1. The van der Waals surface area contributed by atoms with E-state index in [-0.39, 0.29) is 18.1 Å². The summed E-state index contributed by atoms with van der Waals surface area (Å²) in [6.07, 6.45) is 0.964. The van der Waals surface area contributed by atoms with Crippen LogP contribution in [-0.4, -0.2) is 39.4 Å². The molecule has 3 N–H and O–H groups in total. The van der Waals surface area contributed by atoms with E-state index in [4.69, 9.17) is 9.47 Å². The first kappa shape index (κ1) is 22.0. The summed E-state index contributed by atoms with van der Waals surface area (Å²) >= 11 is 0. The monoisotopic (exact) mass is 412 g/mol. The number of methoxy groups -OCH3 is 2. The number of rotatable bonds is 7. The van der Waals surface area contributed by atoms with Gasteiger partial charge in [-0.05, 0) is 44.0 Å². The zero-order valence-electron chi connectivity index (χ0n) is 18.7. The third-order valence-corrected chi connectivity index (χ3v) is 5.79. The van der Waals surface area contributed by atoms with Gasteiger partial charge in [-0.25, -0.2) is 4.79 Å². The van der Waals surface area contributed by atoms with Gasteiger partial charge in [0.25, 0.3) is 0 Å². The van der Waals surface area contributed by atoms with Crippen LogP contribution in [0, 0.1) is 6.92 Å². The molecule has 0 aromatic heterocycles. The SMILES string of the molecule is COc1cc2c(cc1OC)[C@H](CNC(=O)NC(C)C)[NH+](Cc1ccccc1C)CC2. The van der Waals surface area contributed by atoms with Gasteiger partial charge >= 0.3 is 6.03 Å². The standard InChI is InChI=1S/C24H33N3O3/c1-16(2)26-24(28)25-14-21-20-13-23(30-5)22(29-4)12-18(20)10-11-27(21)15-19-9-7-6-8-17(19)3/h6-9,12-13,16,21H,10-11,14-15H2,1-5H3,(H2,25,26,28)/p+1/t21-/m0/s1. The zero-order chi connectivity index (χ0) is 21.7. The Balaban J connectivity index is 1.91. The van der Waals surface area contributed by atoms with E-state index in [2.05, 4.69) is 54.0 Å². The lowest BCUT2D eigenvalue weighted by molar-refractivity contribution is -0.945. The van der Waals surface area contributed by atoms with Gasteiger partial charge in [-0.15, -0.1) is 0 Å². The fourth-order valence-electron chi connectivity index (χ4n) is 4.19. The Labute approximate surface area is 179 Å². The van der Waals surface area contributed by atoms with Crippen molar-refractivity contribution in [1.82, 2.24) is 10.6 Å². The Hall–Kier alpha value is -2.73. The lowest BCUT2D eigenvalue weighted by atomic mass is 9.91. The summed E-state index contributed by atoms with van der Waals surface area (Å²) in [6.45, 7) is 8.55. The predicted molar refractivity (Wildman–Crippen MR) is 118 cm³/mol. The first-order valence-electron chi connectivity index (χ1n) is 10.6. The second-order valence-electron chi connectivity index (χ2n) is 8.23. The van der Waals surface area contributed by atoms with Crippen molar-refractivity contribution in [3.05, 3.63) is 58.7 Å². The van der Waals surface area contributed by atoms with Crippen molar-refractivity contribution in [1.29, 1.82) is 0 Å². The molecule has 1 aliphatic heterocycles. The number of hydrogen-bond acceptors (Lipinski definition) is 3. The van der Waals surface area contributed by atoms with E-state index in [1.807, 2.05) is 13.8 Å². The molecule has 30 heavy (non-hydrogen) atoms. The first-order valence-corrected chi connectivity index (χ1v) is 10.6. The van der Waals surface area contributed by atoms with Crippen LogP contribution in [0.3, 0.4) is 0 Å². The molecule has 0 saturated heterocycles. The summed E-state index contributed by atoms with van der Waals surface area (Å²) in [5, 5.41) is 5.99. The van der Waals surface area contributed by atoms with Crippen LogP contribution in [0.1, 0.15) is 42.1 Å². The van der Waals surface area contributed by atoms with Gasteiger partial charge in [0.15, 0.2) is 11.5 Å². The molecule has 1 aliphatic rings. The Morgan fingerprint density at radius 1 is 1.17 bits per heavy atom. The number of urea groups is 1. The highest BCUT2D eigenvalue weighted by molar-refractivity contribution is 5.74. The summed E-state index contributed by atoms with van der Waals surface area (Å²) in [5.74, 6) is 1.48. The number of ether oxygens (including phenoxy) is 2. The van der Waals surface area contributed by atoms with Crippen molar-refractivity contribution in [3.8, 4) is 11.5 Å². The largest absolute Gasteiger partial charge is 0.493 e. The minimum absolute atomic E-state index is 0.100. The van der Waals surface area contributed by atoms with E-state index in [1.54, 1.807) is 14.2 Å². The van der Waals surface area contributed by atoms with Crippen LogP contribution in [0.4, 0.5) is 4.79 Å². The van der Waals surface area contributed by atoms with Crippen LogP contribution >= 0.6 is 0 Å². The second kappa shape index (κ2) is 9.85. The smallest absolute Gasteiger partial charge is 0.315 e. The van der Waals surface area contributed by atoms with Crippen molar-refractivity contribution >= 4 is 6.03 Å². The van der Waals surface area contributed by atoms with E-state index in [1.165, 1.54) is 27.2 Å². The molecule has 6 heteroatoms. The quantitative estimate of drug-likeness (QED) is 0.654. The van der Waals surface area contributed by atoms with Crippen LogP contribution in [0.5, 0.6) is 11.5 Å². The average molecular weight is 413 g/mol. The molecule has 0 fully saturated rings. The molecule has 0 spiro atoms. The molecule has 0 aliphatic carbocycles.